The number of ether oxygens (including phenoxy) is 1. The van der Waals surface area contributed by atoms with Crippen LogP contribution in [-0.2, 0) is 16.1 Å². The van der Waals surface area contributed by atoms with Crippen molar-refractivity contribution in [2.24, 2.45) is 17.1 Å². The van der Waals surface area contributed by atoms with Crippen LogP contribution in [0.1, 0.15) is 44.1 Å². The van der Waals surface area contributed by atoms with Crippen molar-refractivity contribution in [3.05, 3.63) is 30.0 Å². The van der Waals surface area contributed by atoms with Crippen LogP contribution in [0.15, 0.2) is 24.3 Å². The van der Waals surface area contributed by atoms with Crippen molar-refractivity contribution >= 4 is 22.7 Å². The summed E-state index contributed by atoms with van der Waals surface area (Å²) in [5.41, 5.74) is 6.26. The average molecular weight is 372 g/mol. The molecule has 2 heterocycles. The molecule has 2 amide bonds. The maximum Gasteiger partial charge on any atom is 0.273 e. The van der Waals surface area contributed by atoms with Crippen LogP contribution in [0.4, 0.5) is 0 Å². The Morgan fingerprint density at radius 2 is 1.96 bits per heavy atom. The summed E-state index contributed by atoms with van der Waals surface area (Å²) in [6, 6.07) is 6.90. The summed E-state index contributed by atoms with van der Waals surface area (Å²) in [5.74, 6) is -0.455. The molecule has 0 aliphatic carbocycles. The first kappa shape index (κ1) is 19.4. The van der Waals surface area contributed by atoms with Crippen LogP contribution in [0, 0.1) is 11.3 Å². The maximum absolute atomic E-state index is 12.9. The lowest BCUT2D eigenvalue weighted by atomic mass is 9.86. The first-order valence-electron chi connectivity index (χ1n) is 9.41. The molecule has 2 aromatic rings. The van der Waals surface area contributed by atoms with E-state index in [0.29, 0.717) is 11.6 Å². The minimum absolute atomic E-state index is 0.327. The Morgan fingerprint density at radius 1 is 1.30 bits per heavy atom. The van der Waals surface area contributed by atoms with Gasteiger partial charge in [0.25, 0.3) is 5.91 Å². The van der Waals surface area contributed by atoms with Gasteiger partial charge in [-0.25, -0.2) is 0 Å². The van der Waals surface area contributed by atoms with E-state index >= 15 is 0 Å². The summed E-state index contributed by atoms with van der Waals surface area (Å²) in [5, 5.41) is 8.14. The van der Waals surface area contributed by atoms with Crippen molar-refractivity contribution in [3.8, 4) is 0 Å². The van der Waals surface area contributed by atoms with Crippen molar-refractivity contribution < 1.29 is 14.3 Å². The zero-order valence-corrected chi connectivity index (χ0v) is 16.2. The quantitative estimate of drug-likeness (QED) is 0.839. The van der Waals surface area contributed by atoms with E-state index in [0.717, 1.165) is 43.5 Å². The number of aromatic nitrogens is 2. The molecular weight excluding hydrogens is 344 g/mol. The number of fused-ring (bicyclic) bond motifs is 1. The van der Waals surface area contributed by atoms with Crippen LogP contribution in [0.5, 0.6) is 0 Å². The van der Waals surface area contributed by atoms with E-state index in [2.05, 4.69) is 10.4 Å². The molecule has 0 spiro atoms. The summed E-state index contributed by atoms with van der Waals surface area (Å²) in [6.45, 7) is 7.88. The molecule has 1 atom stereocenters. The van der Waals surface area contributed by atoms with Gasteiger partial charge in [0.2, 0.25) is 5.91 Å². The molecule has 1 aliphatic heterocycles. The van der Waals surface area contributed by atoms with Gasteiger partial charge in [-0.3, -0.25) is 14.3 Å². The topological polar surface area (TPSA) is 99.2 Å². The Hall–Kier alpha value is -2.41. The van der Waals surface area contributed by atoms with Gasteiger partial charge in [0.05, 0.1) is 5.52 Å². The number of hydrogen-bond donors (Lipinski definition) is 2. The molecular formula is C20H28N4O3. The van der Waals surface area contributed by atoms with Gasteiger partial charge < -0.3 is 15.8 Å². The normalized spacial score (nSPS) is 17.0. The number of benzene rings is 1. The highest BCUT2D eigenvalue weighted by atomic mass is 16.5. The van der Waals surface area contributed by atoms with Crippen LogP contribution < -0.4 is 11.1 Å². The largest absolute Gasteiger partial charge is 0.381 e. The van der Waals surface area contributed by atoms with Crippen LogP contribution in [0.2, 0.25) is 0 Å². The SMILES string of the molecule is CC(C)(C)[C@H](NC(=O)c1nn(CC2CCOCC2)c2ccccc12)C(N)=O. The number of carbonyl (C=O) groups excluding carboxylic acids is 2. The van der Waals surface area contributed by atoms with Crippen molar-refractivity contribution in [2.75, 3.05) is 13.2 Å². The minimum Gasteiger partial charge on any atom is -0.381 e. The van der Waals surface area contributed by atoms with Crippen LogP contribution in [0.25, 0.3) is 10.9 Å². The molecule has 1 aliphatic rings. The first-order valence-corrected chi connectivity index (χ1v) is 9.41. The van der Waals surface area contributed by atoms with Gasteiger partial charge in [-0.15, -0.1) is 0 Å². The van der Waals surface area contributed by atoms with Crippen molar-refractivity contribution in [2.45, 2.75) is 46.2 Å². The maximum atomic E-state index is 12.9. The fourth-order valence-corrected chi connectivity index (χ4v) is 3.52. The zero-order valence-electron chi connectivity index (χ0n) is 16.2. The number of nitrogens with one attached hydrogen (secondary N) is 1. The number of rotatable bonds is 5. The van der Waals surface area contributed by atoms with E-state index in [-0.39, 0.29) is 5.91 Å². The monoisotopic (exact) mass is 372 g/mol. The number of para-hydroxylation sites is 1. The third-order valence-electron chi connectivity index (χ3n) is 5.07. The number of hydrogen-bond acceptors (Lipinski definition) is 4. The van der Waals surface area contributed by atoms with Crippen molar-refractivity contribution in [3.63, 3.8) is 0 Å². The van der Waals surface area contributed by atoms with Crippen molar-refractivity contribution in [1.82, 2.24) is 15.1 Å². The average Bonchev–Trinajstić information content (AvgIpc) is 2.98. The Balaban J connectivity index is 1.89. The lowest BCUT2D eigenvalue weighted by Crippen LogP contribution is -2.52. The fourth-order valence-electron chi connectivity index (χ4n) is 3.52. The fraction of sp³-hybridized carbons (Fsp3) is 0.550. The highest BCUT2D eigenvalue weighted by Crippen LogP contribution is 2.24. The lowest BCUT2D eigenvalue weighted by Gasteiger charge is -2.28. The molecule has 27 heavy (non-hydrogen) atoms. The number of amides is 2. The van der Waals surface area contributed by atoms with E-state index in [4.69, 9.17) is 10.5 Å². The molecule has 7 heteroatoms. The number of carbonyl (C=O) groups is 2. The number of nitrogens with two attached hydrogens (primary N) is 1. The molecule has 7 nitrogen and oxygen atoms in total. The molecule has 146 valence electrons. The molecule has 1 fully saturated rings. The van der Waals surface area contributed by atoms with Gasteiger partial charge in [-0.1, -0.05) is 39.0 Å². The standard InChI is InChI=1S/C20H28N4O3/c1-20(2,3)17(18(21)25)22-19(26)16-14-6-4-5-7-15(14)24(23-16)12-13-8-10-27-11-9-13/h4-7,13,17H,8-12H2,1-3H3,(H2,21,25)(H,22,26)/t17-/m1/s1. The lowest BCUT2D eigenvalue weighted by molar-refractivity contribution is -0.122. The van der Waals surface area contributed by atoms with Gasteiger partial charge in [0.1, 0.15) is 6.04 Å². The summed E-state index contributed by atoms with van der Waals surface area (Å²) in [6.07, 6.45) is 1.98. The summed E-state index contributed by atoms with van der Waals surface area (Å²) in [7, 11) is 0. The third-order valence-corrected chi connectivity index (χ3v) is 5.07. The highest BCUT2D eigenvalue weighted by molar-refractivity contribution is 6.06. The van der Waals surface area contributed by atoms with Gasteiger partial charge in [-0.05, 0) is 30.2 Å². The summed E-state index contributed by atoms with van der Waals surface area (Å²) < 4.78 is 7.33. The Morgan fingerprint density at radius 3 is 2.59 bits per heavy atom. The highest BCUT2D eigenvalue weighted by Gasteiger charge is 2.32. The Kier molecular flexibility index (Phi) is 5.51. The van der Waals surface area contributed by atoms with E-state index in [1.54, 1.807) is 0 Å². The second-order valence-corrected chi connectivity index (χ2v) is 8.28. The predicted molar refractivity (Wildman–Crippen MR) is 103 cm³/mol. The van der Waals surface area contributed by atoms with E-state index < -0.39 is 17.4 Å². The number of primary amides is 1. The molecule has 0 radical (unpaired) electrons. The molecule has 1 aromatic heterocycles. The Bertz CT molecular complexity index is 831. The van der Waals surface area contributed by atoms with E-state index in [1.165, 1.54) is 0 Å². The first-order chi connectivity index (χ1) is 12.8. The summed E-state index contributed by atoms with van der Waals surface area (Å²) >= 11 is 0. The minimum atomic E-state index is -0.774. The Labute approximate surface area is 159 Å². The zero-order chi connectivity index (χ0) is 19.6. The van der Waals surface area contributed by atoms with Crippen LogP contribution in [-0.4, -0.2) is 40.9 Å². The summed E-state index contributed by atoms with van der Waals surface area (Å²) in [4.78, 5) is 24.7. The molecule has 3 rings (SSSR count). The van der Waals surface area contributed by atoms with E-state index in [1.807, 2.05) is 49.7 Å². The van der Waals surface area contributed by atoms with Gasteiger partial charge in [-0.2, -0.15) is 5.10 Å². The molecule has 3 N–H and O–H groups in total. The molecule has 1 saturated heterocycles. The van der Waals surface area contributed by atoms with E-state index in [9.17, 15) is 9.59 Å². The molecule has 0 unspecified atom stereocenters. The smallest absolute Gasteiger partial charge is 0.273 e. The van der Waals surface area contributed by atoms with Crippen LogP contribution >= 0.6 is 0 Å². The van der Waals surface area contributed by atoms with Gasteiger partial charge in [0, 0.05) is 25.1 Å². The molecule has 0 saturated carbocycles. The molecule has 0 bridgehead atoms. The van der Waals surface area contributed by atoms with Crippen LogP contribution in [0.3, 0.4) is 0 Å². The van der Waals surface area contributed by atoms with Crippen molar-refractivity contribution in [1.29, 1.82) is 0 Å². The van der Waals surface area contributed by atoms with Gasteiger partial charge >= 0.3 is 0 Å². The second kappa shape index (κ2) is 7.68. The third kappa shape index (κ3) is 4.30. The predicted octanol–water partition coefficient (Wildman–Crippen LogP) is 2.09. The number of nitrogens with zero attached hydrogens (tertiary/aromatic N) is 2. The second-order valence-electron chi connectivity index (χ2n) is 8.28. The van der Waals surface area contributed by atoms with Gasteiger partial charge in [0.15, 0.2) is 5.69 Å². The molecule has 1 aromatic carbocycles.